The van der Waals surface area contributed by atoms with Gasteiger partial charge in [0.1, 0.15) is 6.61 Å². The Labute approximate surface area is 173 Å². The maximum Gasteiger partial charge on any atom is 0.267 e. The molecular formula is C21H20ClN3O4. The number of ether oxygens (including phenoxy) is 2. The predicted octanol–water partition coefficient (Wildman–Crippen LogP) is 3.97. The summed E-state index contributed by atoms with van der Waals surface area (Å²) >= 11 is 6.19. The molecule has 0 bridgehead atoms. The highest BCUT2D eigenvalue weighted by molar-refractivity contribution is 6.33. The highest BCUT2D eigenvalue weighted by atomic mass is 35.5. The van der Waals surface area contributed by atoms with E-state index in [1.807, 2.05) is 44.2 Å². The van der Waals surface area contributed by atoms with Crippen molar-refractivity contribution in [1.82, 2.24) is 15.1 Å². The average molecular weight is 414 g/mol. The monoisotopic (exact) mass is 413 g/mol. The van der Waals surface area contributed by atoms with Crippen molar-refractivity contribution >= 4 is 17.5 Å². The maximum absolute atomic E-state index is 13.1. The molecule has 3 aromatic rings. The van der Waals surface area contributed by atoms with Gasteiger partial charge in [-0.05, 0) is 38.1 Å². The third-order valence-electron chi connectivity index (χ3n) is 4.57. The van der Waals surface area contributed by atoms with Crippen LogP contribution >= 0.6 is 11.6 Å². The minimum absolute atomic E-state index is 0.0982. The average Bonchev–Trinajstić information content (AvgIpc) is 3.20. The molecule has 8 heteroatoms. The lowest BCUT2D eigenvalue weighted by molar-refractivity contribution is -0.144. The molecule has 0 fully saturated rings. The Hall–Kier alpha value is -3.06. The molecule has 0 N–H and O–H groups in total. The molecule has 0 saturated carbocycles. The molecule has 150 valence electrons. The van der Waals surface area contributed by atoms with Crippen LogP contribution in [0.1, 0.15) is 19.7 Å². The number of fused-ring (bicyclic) bond motifs is 1. The summed E-state index contributed by atoms with van der Waals surface area (Å²) in [6.45, 7) is 4.14. The standard InChI is InChI=1S/C21H20ClN3O4/c1-13(2)25(21(26)18-12-27-16-9-5-6-10-17(16)28-18)11-19-23-24-20(29-19)14-7-3-4-8-15(14)22/h3-10,13,18H,11-12H2,1-2H3. The number of benzene rings is 2. The molecule has 4 rings (SSSR count). The fourth-order valence-corrected chi connectivity index (χ4v) is 3.26. The molecule has 1 aliphatic rings. The Morgan fingerprint density at radius 2 is 1.86 bits per heavy atom. The fourth-order valence-electron chi connectivity index (χ4n) is 3.05. The topological polar surface area (TPSA) is 77.7 Å². The summed E-state index contributed by atoms with van der Waals surface area (Å²) in [5.41, 5.74) is 0.649. The van der Waals surface area contributed by atoms with Gasteiger partial charge in [-0.2, -0.15) is 0 Å². The number of nitrogens with zero attached hydrogens (tertiary/aromatic N) is 3. The summed E-state index contributed by atoms with van der Waals surface area (Å²) in [5.74, 6) is 1.62. The normalized spacial score (nSPS) is 15.4. The lowest BCUT2D eigenvalue weighted by Crippen LogP contribution is -2.48. The molecule has 7 nitrogen and oxygen atoms in total. The molecule has 1 atom stereocenters. The van der Waals surface area contributed by atoms with Crippen LogP contribution in [-0.4, -0.2) is 39.8 Å². The largest absolute Gasteiger partial charge is 0.485 e. The number of halogens is 1. The first-order valence-electron chi connectivity index (χ1n) is 9.29. The highest BCUT2D eigenvalue weighted by Gasteiger charge is 2.33. The smallest absolute Gasteiger partial charge is 0.267 e. The van der Waals surface area contributed by atoms with E-state index < -0.39 is 6.10 Å². The summed E-state index contributed by atoms with van der Waals surface area (Å²) < 4.78 is 17.3. The van der Waals surface area contributed by atoms with E-state index in [0.717, 1.165) is 0 Å². The van der Waals surface area contributed by atoms with Crippen molar-refractivity contribution in [3.8, 4) is 23.0 Å². The van der Waals surface area contributed by atoms with Gasteiger partial charge in [0.05, 0.1) is 17.1 Å². The van der Waals surface area contributed by atoms with Crippen LogP contribution in [-0.2, 0) is 11.3 Å². The van der Waals surface area contributed by atoms with Gasteiger partial charge in [-0.15, -0.1) is 10.2 Å². The number of rotatable bonds is 5. The third-order valence-corrected chi connectivity index (χ3v) is 4.90. The predicted molar refractivity (Wildman–Crippen MR) is 107 cm³/mol. The van der Waals surface area contributed by atoms with Crippen molar-refractivity contribution in [2.24, 2.45) is 0 Å². The lowest BCUT2D eigenvalue weighted by atomic mass is 10.2. The maximum atomic E-state index is 13.1. The van der Waals surface area contributed by atoms with Gasteiger partial charge in [0, 0.05) is 6.04 Å². The van der Waals surface area contributed by atoms with E-state index in [4.69, 9.17) is 25.5 Å². The first-order valence-corrected chi connectivity index (χ1v) is 9.67. The van der Waals surface area contributed by atoms with Crippen LogP contribution in [0.5, 0.6) is 11.5 Å². The third kappa shape index (κ3) is 4.05. The molecule has 2 aromatic carbocycles. The number of para-hydroxylation sites is 2. The summed E-state index contributed by atoms with van der Waals surface area (Å²) in [7, 11) is 0. The second kappa shape index (κ2) is 8.13. The quantitative estimate of drug-likeness (QED) is 0.629. The molecule has 0 radical (unpaired) electrons. The van der Waals surface area contributed by atoms with Crippen molar-refractivity contribution in [3.05, 3.63) is 59.4 Å². The number of carbonyl (C=O) groups is 1. The van der Waals surface area contributed by atoms with E-state index in [-0.39, 0.29) is 25.1 Å². The minimum Gasteiger partial charge on any atom is -0.485 e. The molecule has 1 aromatic heterocycles. The summed E-state index contributed by atoms with van der Waals surface area (Å²) in [5, 5.41) is 8.66. The van der Waals surface area contributed by atoms with Gasteiger partial charge in [0.2, 0.25) is 17.9 Å². The Morgan fingerprint density at radius 3 is 2.62 bits per heavy atom. The number of hydrogen-bond acceptors (Lipinski definition) is 6. The second-order valence-corrected chi connectivity index (χ2v) is 7.31. The molecular weight excluding hydrogens is 394 g/mol. The Morgan fingerprint density at radius 1 is 1.14 bits per heavy atom. The highest BCUT2D eigenvalue weighted by Crippen LogP contribution is 2.32. The molecule has 0 saturated heterocycles. The molecule has 2 heterocycles. The molecule has 1 aliphatic heterocycles. The Bertz CT molecular complexity index is 1020. The molecule has 0 aliphatic carbocycles. The fraction of sp³-hybridized carbons (Fsp3) is 0.286. The SMILES string of the molecule is CC(C)N(Cc1nnc(-c2ccccc2Cl)o1)C(=O)C1COc2ccccc2O1. The van der Waals surface area contributed by atoms with Gasteiger partial charge < -0.3 is 18.8 Å². The zero-order valence-corrected chi connectivity index (χ0v) is 16.8. The van der Waals surface area contributed by atoms with Crippen LogP contribution in [0.4, 0.5) is 0 Å². The van der Waals surface area contributed by atoms with Gasteiger partial charge in [0.25, 0.3) is 5.91 Å². The number of aromatic nitrogens is 2. The summed E-state index contributed by atoms with van der Waals surface area (Å²) in [6, 6.07) is 14.4. The van der Waals surface area contributed by atoms with E-state index >= 15 is 0 Å². The summed E-state index contributed by atoms with van der Waals surface area (Å²) in [4.78, 5) is 14.7. The second-order valence-electron chi connectivity index (χ2n) is 6.90. The van der Waals surface area contributed by atoms with E-state index in [9.17, 15) is 4.79 Å². The Balaban J connectivity index is 1.50. The first-order chi connectivity index (χ1) is 14.0. The number of carbonyl (C=O) groups excluding carboxylic acids is 1. The van der Waals surface area contributed by atoms with E-state index in [1.54, 1.807) is 23.1 Å². The first kappa shape index (κ1) is 19.3. The van der Waals surface area contributed by atoms with E-state index in [1.165, 1.54) is 0 Å². The van der Waals surface area contributed by atoms with Crippen LogP contribution in [0.2, 0.25) is 5.02 Å². The lowest BCUT2D eigenvalue weighted by Gasteiger charge is -2.32. The van der Waals surface area contributed by atoms with Crippen molar-refractivity contribution in [2.45, 2.75) is 32.5 Å². The van der Waals surface area contributed by atoms with Gasteiger partial charge >= 0.3 is 0 Å². The van der Waals surface area contributed by atoms with Crippen LogP contribution in [0, 0.1) is 0 Å². The zero-order chi connectivity index (χ0) is 20.4. The van der Waals surface area contributed by atoms with Crippen LogP contribution < -0.4 is 9.47 Å². The van der Waals surface area contributed by atoms with Gasteiger partial charge in [-0.3, -0.25) is 4.79 Å². The summed E-state index contributed by atoms with van der Waals surface area (Å²) in [6.07, 6.45) is -0.738. The minimum atomic E-state index is -0.738. The van der Waals surface area contributed by atoms with Crippen LogP contribution in [0.3, 0.4) is 0 Å². The zero-order valence-electron chi connectivity index (χ0n) is 16.0. The molecule has 29 heavy (non-hydrogen) atoms. The van der Waals surface area contributed by atoms with Crippen molar-refractivity contribution in [1.29, 1.82) is 0 Å². The van der Waals surface area contributed by atoms with Gasteiger partial charge in [-0.1, -0.05) is 35.9 Å². The molecule has 1 amide bonds. The molecule has 1 unspecified atom stereocenters. The Kier molecular flexibility index (Phi) is 5.40. The van der Waals surface area contributed by atoms with Crippen LogP contribution in [0.15, 0.2) is 52.9 Å². The van der Waals surface area contributed by atoms with Crippen LogP contribution in [0.25, 0.3) is 11.5 Å². The van der Waals surface area contributed by atoms with E-state index in [2.05, 4.69) is 10.2 Å². The van der Waals surface area contributed by atoms with Gasteiger partial charge in [0.15, 0.2) is 11.5 Å². The van der Waals surface area contributed by atoms with Crippen molar-refractivity contribution in [2.75, 3.05) is 6.61 Å². The number of amides is 1. The van der Waals surface area contributed by atoms with Crippen molar-refractivity contribution < 1.29 is 18.7 Å². The van der Waals surface area contributed by atoms with Crippen molar-refractivity contribution in [3.63, 3.8) is 0 Å². The molecule has 0 spiro atoms. The van der Waals surface area contributed by atoms with E-state index in [0.29, 0.717) is 33.9 Å². The van der Waals surface area contributed by atoms with Gasteiger partial charge in [-0.25, -0.2) is 0 Å². The number of hydrogen-bond donors (Lipinski definition) is 0.